The molecule has 3 nitrogen and oxygen atoms in total. The van der Waals surface area contributed by atoms with Gasteiger partial charge in [0.05, 0.1) is 12.3 Å². The van der Waals surface area contributed by atoms with Gasteiger partial charge in [0.1, 0.15) is 0 Å². The van der Waals surface area contributed by atoms with Crippen LogP contribution in [0.5, 0.6) is 5.88 Å². The Bertz CT molecular complexity index is 520. The van der Waals surface area contributed by atoms with E-state index in [1.54, 1.807) is 37.3 Å². The van der Waals surface area contributed by atoms with Crippen LogP contribution in [0.3, 0.4) is 0 Å². The molecule has 2 rings (SSSR count). The molecule has 0 spiro atoms. The fourth-order valence-corrected chi connectivity index (χ4v) is 1.51. The first-order chi connectivity index (χ1) is 8.52. The Morgan fingerprint density at radius 3 is 2.44 bits per heavy atom. The van der Waals surface area contributed by atoms with Gasteiger partial charge in [-0.15, -0.1) is 0 Å². The van der Waals surface area contributed by atoms with Crippen molar-refractivity contribution in [1.29, 1.82) is 0 Å². The van der Waals surface area contributed by atoms with E-state index in [0.717, 1.165) is 10.7 Å². The molecule has 1 aromatic carbocycles. The van der Waals surface area contributed by atoms with E-state index in [0.29, 0.717) is 5.69 Å². The zero-order chi connectivity index (χ0) is 13.2. The summed E-state index contributed by atoms with van der Waals surface area (Å²) in [6.45, 7) is 1.98. The lowest BCUT2D eigenvalue weighted by Gasteiger charge is -2.06. The first-order valence-electron chi connectivity index (χ1n) is 5.38. The van der Waals surface area contributed by atoms with Crippen molar-refractivity contribution in [2.24, 2.45) is 0 Å². The molecule has 1 aromatic heterocycles. The van der Waals surface area contributed by atoms with E-state index in [1.165, 1.54) is 0 Å². The van der Waals surface area contributed by atoms with Crippen LogP contribution in [0.1, 0.15) is 12.6 Å². The van der Waals surface area contributed by atoms with Crippen LogP contribution < -0.4 is 4.74 Å². The second kappa shape index (κ2) is 4.72. The Kier molecular flexibility index (Phi) is 3.27. The lowest BCUT2D eigenvalue weighted by Crippen LogP contribution is -2.07. The van der Waals surface area contributed by atoms with Gasteiger partial charge in [0.2, 0.25) is 5.88 Å². The summed E-state index contributed by atoms with van der Waals surface area (Å²) in [5.41, 5.74) is -0.439. The summed E-state index contributed by atoms with van der Waals surface area (Å²) in [6.07, 6.45) is -4.48. The SMILES string of the molecule is CCOc1cc(C(F)(F)F)nn1-c1ccccc1. The predicted octanol–water partition coefficient (Wildman–Crippen LogP) is 3.29. The average Bonchev–Trinajstić information content (AvgIpc) is 2.75. The van der Waals surface area contributed by atoms with Crippen molar-refractivity contribution in [3.05, 3.63) is 42.1 Å². The largest absolute Gasteiger partial charge is 0.478 e. The molecule has 0 aliphatic carbocycles. The molecule has 2 aromatic rings. The van der Waals surface area contributed by atoms with Crippen LogP contribution in [-0.4, -0.2) is 16.4 Å². The van der Waals surface area contributed by atoms with Crippen LogP contribution in [0.15, 0.2) is 36.4 Å². The summed E-state index contributed by atoms with van der Waals surface area (Å²) in [5.74, 6) is 0.0797. The maximum atomic E-state index is 12.6. The molecule has 18 heavy (non-hydrogen) atoms. The molecule has 96 valence electrons. The van der Waals surface area contributed by atoms with E-state index in [-0.39, 0.29) is 12.5 Å². The molecule has 0 saturated heterocycles. The number of nitrogens with zero attached hydrogens (tertiary/aromatic N) is 2. The highest BCUT2D eigenvalue weighted by Gasteiger charge is 2.35. The minimum absolute atomic E-state index is 0.0797. The molecule has 0 radical (unpaired) electrons. The van der Waals surface area contributed by atoms with Gasteiger partial charge >= 0.3 is 6.18 Å². The average molecular weight is 256 g/mol. The fraction of sp³-hybridized carbons (Fsp3) is 0.250. The maximum Gasteiger partial charge on any atom is 0.435 e. The number of ether oxygens (including phenoxy) is 1. The molecule has 0 saturated carbocycles. The molecule has 0 bridgehead atoms. The Morgan fingerprint density at radius 2 is 1.89 bits per heavy atom. The number of halogens is 3. The van der Waals surface area contributed by atoms with E-state index in [2.05, 4.69) is 5.10 Å². The maximum absolute atomic E-state index is 12.6. The highest BCUT2D eigenvalue weighted by Crippen LogP contribution is 2.32. The third-order valence-corrected chi connectivity index (χ3v) is 2.26. The Morgan fingerprint density at radius 1 is 1.22 bits per heavy atom. The van der Waals surface area contributed by atoms with E-state index in [1.807, 2.05) is 0 Å². The topological polar surface area (TPSA) is 27.1 Å². The summed E-state index contributed by atoms with van der Waals surface area (Å²) >= 11 is 0. The van der Waals surface area contributed by atoms with Crippen molar-refractivity contribution in [1.82, 2.24) is 9.78 Å². The molecule has 0 atom stereocenters. The molecule has 0 fully saturated rings. The van der Waals surface area contributed by atoms with E-state index >= 15 is 0 Å². The lowest BCUT2D eigenvalue weighted by molar-refractivity contribution is -0.141. The highest BCUT2D eigenvalue weighted by atomic mass is 19.4. The minimum atomic E-state index is -4.48. The standard InChI is InChI=1S/C12H11F3N2O/c1-2-18-11-8-10(12(13,14)15)16-17(11)9-6-4-3-5-7-9/h3-8H,2H2,1H3. The van der Waals surface area contributed by atoms with Crippen molar-refractivity contribution in [3.63, 3.8) is 0 Å². The summed E-state index contributed by atoms with van der Waals surface area (Å²) in [5, 5.41) is 3.54. The number of alkyl halides is 3. The van der Waals surface area contributed by atoms with Crippen molar-refractivity contribution >= 4 is 0 Å². The van der Waals surface area contributed by atoms with Crippen LogP contribution in [0.4, 0.5) is 13.2 Å². The van der Waals surface area contributed by atoms with Gasteiger partial charge in [-0.1, -0.05) is 18.2 Å². The molecule has 0 unspecified atom stereocenters. The highest BCUT2D eigenvalue weighted by molar-refractivity contribution is 5.36. The Balaban J connectivity index is 2.49. The van der Waals surface area contributed by atoms with Gasteiger partial charge in [-0.2, -0.15) is 18.3 Å². The summed E-state index contributed by atoms with van der Waals surface area (Å²) < 4.78 is 44.1. The monoisotopic (exact) mass is 256 g/mol. The molecular weight excluding hydrogens is 245 g/mol. The van der Waals surface area contributed by atoms with Crippen LogP contribution in [0.25, 0.3) is 5.69 Å². The van der Waals surface area contributed by atoms with Gasteiger partial charge in [0.25, 0.3) is 0 Å². The number of hydrogen-bond acceptors (Lipinski definition) is 2. The van der Waals surface area contributed by atoms with Gasteiger partial charge in [0, 0.05) is 6.07 Å². The first-order valence-corrected chi connectivity index (χ1v) is 5.38. The van der Waals surface area contributed by atoms with Gasteiger partial charge in [-0.05, 0) is 19.1 Å². The smallest absolute Gasteiger partial charge is 0.435 e. The van der Waals surface area contributed by atoms with Crippen molar-refractivity contribution in [2.45, 2.75) is 13.1 Å². The van der Waals surface area contributed by atoms with E-state index in [4.69, 9.17) is 4.74 Å². The molecule has 1 heterocycles. The zero-order valence-corrected chi connectivity index (χ0v) is 9.61. The van der Waals surface area contributed by atoms with Gasteiger partial charge < -0.3 is 4.74 Å². The van der Waals surface area contributed by atoms with Crippen LogP contribution in [0, 0.1) is 0 Å². The summed E-state index contributed by atoms with van der Waals surface area (Å²) in [4.78, 5) is 0. The van der Waals surface area contributed by atoms with Crippen molar-refractivity contribution in [2.75, 3.05) is 6.61 Å². The Labute approximate surface area is 102 Å². The van der Waals surface area contributed by atoms with E-state index < -0.39 is 11.9 Å². The molecule has 0 amide bonds. The van der Waals surface area contributed by atoms with Gasteiger partial charge in [0.15, 0.2) is 5.69 Å². The van der Waals surface area contributed by atoms with E-state index in [9.17, 15) is 13.2 Å². The van der Waals surface area contributed by atoms with Crippen molar-refractivity contribution in [3.8, 4) is 11.6 Å². The molecule has 0 N–H and O–H groups in total. The summed E-state index contributed by atoms with van der Waals surface area (Å²) in [6, 6.07) is 9.44. The minimum Gasteiger partial charge on any atom is -0.478 e. The second-order valence-electron chi connectivity index (χ2n) is 3.55. The first kappa shape index (κ1) is 12.5. The quantitative estimate of drug-likeness (QED) is 0.842. The summed E-state index contributed by atoms with van der Waals surface area (Å²) in [7, 11) is 0. The predicted molar refractivity (Wildman–Crippen MR) is 59.7 cm³/mol. The fourth-order valence-electron chi connectivity index (χ4n) is 1.51. The molecular formula is C12H11F3N2O. The lowest BCUT2D eigenvalue weighted by atomic mass is 10.3. The molecule has 0 aliphatic heterocycles. The second-order valence-corrected chi connectivity index (χ2v) is 3.55. The van der Waals surface area contributed by atoms with Gasteiger partial charge in [-0.25, -0.2) is 4.68 Å². The number of aromatic nitrogens is 2. The number of hydrogen-bond donors (Lipinski definition) is 0. The number of para-hydroxylation sites is 1. The third-order valence-electron chi connectivity index (χ3n) is 2.26. The van der Waals surface area contributed by atoms with Gasteiger partial charge in [-0.3, -0.25) is 0 Å². The van der Waals surface area contributed by atoms with Crippen LogP contribution >= 0.6 is 0 Å². The van der Waals surface area contributed by atoms with Crippen LogP contribution in [0.2, 0.25) is 0 Å². The normalized spacial score (nSPS) is 11.6. The molecule has 0 aliphatic rings. The third kappa shape index (κ3) is 2.47. The molecule has 6 heteroatoms. The number of benzene rings is 1. The van der Waals surface area contributed by atoms with Crippen molar-refractivity contribution < 1.29 is 17.9 Å². The number of rotatable bonds is 3. The Hall–Kier alpha value is -1.98. The zero-order valence-electron chi connectivity index (χ0n) is 9.61. The van der Waals surface area contributed by atoms with Crippen LogP contribution in [-0.2, 0) is 6.18 Å².